The highest BCUT2D eigenvalue weighted by Crippen LogP contribution is 2.23. The van der Waals surface area contributed by atoms with E-state index in [1.165, 1.54) is 32.1 Å². The minimum atomic E-state index is -0.374. The van der Waals surface area contributed by atoms with Crippen molar-refractivity contribution in [2.24, 2.45) is 0 Å². The molecule has 53 valence electrons. The average molecular weight is 145 g/mol. The number of halogens is 1. The van der Waals surface area contributed by atoms with Crippen molar-refractivity contribution in [3.05, 3.63) is 5.54 Å². The van der Waals surface area contributed by atoms with E-state index in [0.29, 0.717) is 0 Å². The Morgan fingerprint density at radius 3 is 2.44 bits per heavy atom. The first-order valence-electron chi connectivity index (χ1n) is 3.83. The molecule has 1 fully saturated rings. The Kier molecular flexibility index (Phi) is 3.26. The molecule has 0 aromatic rings. The largest absolute Gasteiger partial charge is 0.256 e. The van der Waals surface area contributed by atoms with E-state index in [9.17, 15) is 4.39 Å². The van der Waals surface area contributed by atoms with Crippen LogP contribution < -0.4 is 0 Å². The van der Waals surface area contributed by atoms with Gasteiger partial charge in [0.25, 0.3) is 0 Å². The Labute approximate surface area is 58.7 Å². The van der Waals surface area contributed by atoms with Crippen LogP contribution in [0.25, 0.3) is 0 Å². The molecule has 1 aliphatic carbocycles. The molecule has 0 aromatic heterocycles. The van der Waals surface area contributed by atoms with Gasteiger partial charge in [-0.3, -0.25) is 4.39 Å². The molecule has 0 aliphatic heterocycles. The molecule has 0 amide bonds. The fraction of sp³-hybridized carbons (Fsp3) is 0.857. The Morgan fingerprint density at radius 1 is 1.22 bits per heavy atom. The molecular formula is C7H14FSi. The van der Waals surface area contributed by atoms with Crippen LogP contribution >= 0.6 is 0 Å². The molecular weight excluding hydrogens is 131 g/mol. The number of alkyl halides is 1. The van der Waals surface area contributed by atoms with Crippen molar-refractivity contribution in [1.29, 1.82) is 0 Å². The van der Waals surface area contributed by atoms with Crippen molar-refractivity contribution in [1.82, 2.24) is 0 Å². The average Bonchev–Trinajstić information content (AvgIpc) is 1.91. The summed E-state index contributed by atoms with van der Waals surface area (Å²) < 4.78 is 11.8. The maximum atomic E-state index is 11.8. The van der Waals surface area contributed by atoms with Crippen LogP contribution in [-0.4, -0.2) is 15.8 Å². The van der Waals surface area contributed by atoms with Crippen LogP contribution in [0.15, 0.2) is 0 Å². The van der Waals surface area contributed by atoms with E-state index in [2.05, 4.69) is 0 Å². The van der Waals surface area contributed by atoms with Gasteiger partial charge in [-0.25, -0.2) is 0 Å². The normalized spacial score (nSPS) is 23.7. The summed E-state index contributed by atoms with van der Waals surface area (Å²) in [7, 11) is -0.374. The van der Waals surface area contributed by atoms with Gasteiger partial charge in [0, 0.05) is 0 Å². The van der Waals surface area contributed by atoms with Gasteiger partial charge in [0.15, 0.2) is 0 Å². The van der Waals surface area contributed by atoms with Crippen molar-refractivity contribution in [2.75, 3.05) is 6.30 Å². The quantitative estimate of drug-likeness (QED) is 0.517. The van der Waals surface area contributed by atoms with E-state index in [0.717, 1.165) is 0 Å². The third-order valence-electron chi connectivity index (χ3n) is 2.01. The molecule has 0 saturated heterocycles. The number of hydrogen-bond acceptors (Lipinski definition) is 0. The summed E-state index contributed by atoms with van der Waals surface area (Å²) in [6.07, 6.45) is 6.57. The van der Waals surface area contributed by atoms with E-state index in [4.69, 9.17) is 0 Å². The summed E-state index contributed by atoms with van der Waals surface area (Å²) in [6, 6.07) is 0. The minimum absolute atomic E-state index is 0.00463. The molecule has 0 nitrogen and oxygen atoms in total. The number of rotatable bonds is 2. The Bertz CT molecular complexity index is 66.6. The SMILES string of the molecule is FC[SiH2][C]1CCCCC1. The zero-order chi connectivity index (χ0) is 6.53. The molecule has 2 heteroatoms. The van der Waals surface area contributed by atoms with E-state index in [1.807, 2.05) is 0 Å². The van der Waals surface area contributed by atoms with Crippen LogP contribution in [0.4, 0.5) is 4.39 Å². The monoisotopic (exact) mass is 145 g/mol. The van der Waals surface area contributed by atoms with Crippen LogP contribution in [0.5, 0.6) is 0 Å². The van der Waals surface area contributed by atoms with Crippen LogP contribution in [0.2, 0.25) is 0 Å². The molecule has 0 N–H and O–H groups in total. The van der Waals surface area contributed by atoms with E-state index in [-0.39, 0.29) is 15.8 Å². The highest BCUT2D eigenvalue weighted by molar-refractivity contribution is 6.42. The molecule has 0 atom stereocenters. The van der Waals surface area contributed by atoms with E-state index in [1.54, 1.807) is 5.54 Å². The number of hydrogen-bond donors (Lipinski definition) is 0. The lowest BCUT2D eigenvalue weighted by atomic mass is 10.0. The molecule has 0 heterocycles. The first-order valence-corrected chi connectivity index (χ1v) is 5.54. The van der Waals surface area contributed by atoms with Gasteiger partial charge in [-0.15, -0.1) is 0 Å². The summed E-state index contributed by atoms with van der Waals surface area (Å²) in [5, 5.41) is 0. The highest BCUT2D eigenvalue weighted by atomic mass is 28.2. The van der Waals surface area contributed by atoms with Gasteiger partial charge >= 0.3 is 0 Å². The highest BCUT2D eigenvalue weighted by Gasteiger charge is 2.12. The molecule has 1 saturated carbocycles. The summed E-state index contributed by atoms with van der Waals surface area (Å²) >= 11 is 0. The maximum Gasteiger partial charge on any atom is 0.0737 e. The second kappa shape index (κ2) is 4.04. The van der Waals surface area contributed by atoms with Crippen molar-refractivity contribution in [2.45, 2.75) is 32.1 Å². The fourth-order valence-electron chi connectivity index (χ4n) is 1.44. The lowest BCUT2D eigenvalue weighted by molar-refractivity contribution is 0.555. The van der Waals surface area contributed by atoms with Crippen LogP contribution in [-0.2, 0) is 0 Å². The standard InChI is InChI=1S/C7H14FSi/c8-6-9-7-4-2-1-3-5-7/h1-6,9H2. The smallest absolute Gasteiger partial charge is 0.0737 e. The maximum absolute atomic E-state index is 11.8. The van der Waals surface area contributed by atoms with E-state index < -0.39 is 0 Å². The molecule has 1 radical (unpaired) electrons. The predicted molar refractivity (Wildman–Crippen MR) is 40.8 cm³/mol. The molecule has 0 spiro atoms. The van der Waals surface area contributed by atoms with Crippen LogP contribution in [0.3, 0.4) is 0 Å². The Morgan fingerprint density at radius 2 is 1.89 bits per heavy atom. The van der Waals surface area contributed by atoms with Gasteiger partial charge in [-0.05, 0) is 5.54 Å². The van der Waals surface area contributed by atoms with Gasteiger partial charge in [0.2, 0.25) is 0 Å². The van der Waals surface area contributed by atoms with Gasteiger partial charge < -0.3 is 0 Å². The zero-order valence-electron chi connectivity index (χ0n) is 5.83. The molecule has 9 heavy (non-hydrogen) atoms. The van der Waals surface area contributed by atoms with Crippen LogP contribution in [0.1, 0.15) is 32.1 Å². The van der Waals surface area contributed by atoms with Gasteiger partial charge in [0.05, 0.1) is 15.8 Å². The molecule has 0 aromatic carbocycles. The third kappa shape index (κ3) is 2.48. The van der Waals surface area contributed by atoms with Crippen molar-refractivity contribution in [3.63, 3.8) is 0 Å². The third-order valence-corrected chi connectivity index (χ3v) is 3.61. The first-order chi connectivity index (χ1) is 4.43. The predicted octanol–water partition coefficient (Wildman–Crippen LogP) is 1.58. The topological polar surface area (TPSA) is 0 Å². The molecule has 0 unspecified atom stereocenters. The van der Waals surface area contributed by atoms with Crippen molar-refractivity contribution >= 4 is 9.52 Å². The van der Waals surface area contributed by atoms with Crippen LogP contribution in [0, 0.1) is 5.54 Å². The van der Waals surface area contributed by atoms with Gasteiger partial charge in [-0.2, -0.15) is 0 Å². The minimum Gasteiger partial charge on any atom is -0.256 e. The first kappa shape index (κ1) is 7.26. The second-order valence-corrected chi connectivity index (χ2v) is 4.63. The van der Waals surface area contributed by atoms with Crippen molar-refractivity contribution < 1.29 is 4.39 Å². The summed E-state index contributed by atoms with van der Waals surface area (Å²) in [4.78, 5) is 0. The Balaban J connectivity index is 2.08. The lowest BCUT2D eigenvalue weighted by Crippen LogP contribution is -2.12. The molecule has 0 bridgehead atoms. The summed E-state index contributed by atoms with van der Waals surface area (Å²) in [5.74, 6) is 0. The summed E-state index contributed by atoms with van der Waals surface area (Å²) in [6.45, 7) is 0. The summed E-state index contributed by atoms with van der Waals surface area (Å²) in [5.41, 5.74) is 1.60. The molecule has 1 rings (SSSR count). The molecule has 1 aliphatic rings. The Hall–Kier alpha value is 0.147. The lowest BCUT2D eigenvalue weighted by Gasteiger charge is -2.18. The van der Waals surface area contributed by atoms with Gasteiger partial charge in [0.1, 0.15) is 0 Å². The van der Waals surface area contributed by atoms with Crippen molar-refractivity contribution in [3.8, 4) is 0 Å². The van der Waals surface area contributed by atoms with Gasteiger partial charge in [-0.1, -0.05) is 32.1 Å². The van der Waals surface area contributed by atoms with E-state index >= 15 is 0 Å². The zero-order valence-corrected chi connectivity index (χ0v) is 7.24. The fourth-order valence-corrected chi connectivity index (χ4v) is 2.70. The second-order valence-electron chi connectivity index (χ2n) is 2.75.